The average Bonchev–Trinajstić information content (AvgIpc) is 2.34. The molecule has 0 radical (unpaired) electrons. The summed E-state index contributed by atoms with van der Waals surface area (Å²) < 4.78 is 18.2. The van der Waals surface area contributed by atoms with Gasteiger partial charge in [-0.3, -0.25) is 4.79 Å². The van der Waals surface area contributed by atoms with Crippen LogP contribution in [-0.4, -0.2) is 25.6 Å². The molecule has 18 heavy (non-hydrogen) atoms. The highest BCUT2D eigenvalue weighted by atomic mass is 19.1. The van der Waals surface area contributed by atoms with Crippen molar-refractivity contribution in [1.82, 2.24) is 5.32 Å². The summed E-state index contributed by atoms with van der Waals surface area (Å²) in [6.45, 7) is 2.26. The van der Waals surface area contributed by atoms with Crippen LogP contribution in [0.1, 0.15) is 18.9 Å². The molecule has 0 bridgehead atoms. The SMILES string of the molecule is COc1ccc(F)cc1CCC(=O)NCC(C)N. The number of rotatable bonds is 6. The number of aryl methyl sites for hydroxylation is 1. The number of carbonyl (C=O) groups is 1. The standard InChI is InChI=1S/C13H19FN2O2/c1-9(15)8-16-13(17)6-3-10-7-11(14)4-5-12(10)18-2/h4-5,7,9H,3,6,8,15H2,1-2H3,(H,16,17). The molecule has 0 fully saturated rings. The molecule has 4 nitrogen and oxygen atoms in total. The number of amides is 1. The van der Waals surface area contributed by atoms with Gasteiger partial charge in [0.1, 0.15) is 11.6 Å². The molecule has 0 aromatic heterocycles. The number of benzene rings is 1. The summed E-state index contributed by atoms with van der Waals surface area (Å²) in [7, 11) is 1.52. The van der Waals surface area contributed by atoms with Gasteiger partial charge in [0.15, 0.2) is 0 Å². The van der Waals surface area contributed by atoms with Crippen molar-refractivity contribution in [3.63, 3.8) is 0 Å². The summed E-state index contributed by atoms with van der Waals surface area (Å²) in [4.78, 5) is 11.5. The van der Waals surface area contributed by atoms with Gasteiger partial charge in [0, 0.05) is 19.0 Å². The summed E-state index contributed by atoms with van der Waals surface area (Å²) in [5.74, 6) is 0.164. The van der Waals surface area contributed by atoms with Crippen LogP contribution in [0.25, 0.3) is 0 Å². The van der Waals surface area contributed by atoms with Crippen molar-refractivity contribution in [1.29, 1.82) is 0 Å². The van der Waals surface area contributed by atoms with Crippen molar-refractivity contribution in [3.05, 3.63) is 29.6 Å². The van der Waals surface area contributed by atoms with E-state index in [0.29, 0.717) is 24.3 Å². The minimum absolute atomic E-state index is 0.0716. The number of nitrogens with one attached hydrogen (secondary N) is 1. The Morgan fingerprint density at radius 1 is 1.56 bits per heavy atom. The predicted molar refractivity (Wildman–Crippen MR) is 67.9 cm³/mol. The van der Waals surface area contributed by atoms with E-state index in [1.54, 1.807) is 6.07 Å². The fraction of sp³-hybridized carbons (Fsp3) is 0.462. The monoisotopic (exact) mass is 254 g/mol. The molecular formula is C13H19FN2O2. The van der Waals surface area contributed by atoms with E-state index in [1.165, 1.54) is 19.2 Å². The summed E-state index contributed by atoms with van der Waals surface area (Å²) in [6, 6.07) is 4.21. The molecule has 0 aliphatic carbocycles. The van der Waals surface area contributed by atoms with Crippen LogP contribution in [0.3, 0.4) is 0 Å². The smallest absolute Gasteiger partial charge is 0.220 e. The topological polar surface area (TPSA) is 64.3 Å². The molecule has 5 heteroatoms. The predicted octanol–water partition coefficient (Wildman–Crippen LogP) is 1.23. The van der Waals surface area contributed by atoms with Gasteiger partial charge in [-0.2, -0.15) is 0 Å². The molecule has 100 valence electrons. The van der Waals surface area contributed by atoms with Gasteiger partial charge < -0.3 is 15.8 Å². The molecule has 0 saturated heterocycles. The lowest BCUT2D eigenvalue weighted by Crippen LogP contribution is -2.35. The number of halogens is 1. The maximum atomic E-state index is 13.1. The van der Waals surface area contributed by atoms with Crippen LogP contribution in [0, 0.1) is 5.82 Å². The van der Waals surface area contributed by atoms with Crippen LogP contribution in [0.5, 0.6) is 5.75 Å². The molecule has 1 rings (SSSR count). The minimum Gasteiger partial charge on any atom is -0.496 e. The van der Waals surface area contributed by atoms with Crippen LogP contribution >= 0.6 is 0 Å². The van der Waals surface area contributed by atoms with Gasteiger partial charge in [-0.1, -0.05) is 0 Å². The first-order chi connectivity index (χ1) is 8.52. The molecule has 1 aromatic carbocycles. The summed E-state index contributed by atoms with van der Waals surface area (Å²) >= 11 is 0. The third-order valence-electron chi connectivity index (χ3n) is 2.49. The summed E-state index contributed by atoms with van der Waals surface area (Å²) in [6.07, 6.45) is 0.720. The molecule has 1 amide bonds. The van der Waals surface area contributed by atoms with Crippen molar-refractivity contribution in [2.45, 2.75) is 25.8 Å². The molecule has 3 N–H and O–H groups in total. The van der Waals surface area contributed by atoms with Crippen molar-refractivity contribution < 1.29 is 13.9 Å². The zero-order chi connectivity index (χ0) is 13.5. The first kappa shape index (κ1) is 14.4. The highest BCUT2D eigenvalue weighted by molar-refractivity contribution is 5.76. The Kier molecular flexibility index (Phi) is 5.58. The second kappa shape index (κ2) is 6.96. The third kappa shape index (κ3) is 4.71. The number of methoxy groups -OCH3 is 1. The maximum Gasteiger partial charge on any atom is 0.220 e. The largest absolute Gasteiger partial charge is 0.496 e. The van der Waals surface area contributed by atoms with Crippen molar-refractivity contribution in [2.75, 3.05) is 13.7 Å². The highest BCUT2D eigenvalue weighted by Gasteiger charge is 2.08. The number of ether oxygens (including phenoxy) is 1. The Labute approximate surface area is 106 Å². The molecule has 0 heterocycles. The van der Waals surface area contributed by atoms with Gasteiger partial charge in [-0.15, -0.1) is 0 Å². The van der Waals surface area contributed by atoms with Crippen LogP contribution in [-0.2, 0) is 11.2 Å². The first-order valence-electron chi connectivity index (χ1n) is 5.87. The van der Waals surface area contributed by atoms with Gasteiger partial charge in [0.05, 0.1) is 7.11 Å². The molecular weight excluding hydrogens is 235 g/mol. The Hall–Kier alpha value is -1.62. The molecule has 0 spiro atoms. The first-order valence-corrected chi connectivity index (χ1v) is 5.87. The quantitative estimate of drug-likeness (QED) is 0.802. The normalized spacial score (nSPS) is 12.0. The van der Waals surface area contributed by atoms with E-state index in [9.17, 15) is 9.18 Å². The van der Waals surface area contributed by atoms with Gasteiger partial charge in [-0.25, -0.2) is 4.39 Å². The van der Waals surface area contributed by atoms with Crippen LogP contribution in [0.2, 0.25) is 0 Å². The molecule has 1 unspecified atom stereocenters. The Morgan fingerprint density at radius 2 is 2.28 bits per heavy atom. The molecule has 0 aliphatic rings. The second-order valence-electron chi connectivity index (χ2n) is 4.24. The Balaban J connectivity index is 2.52. The van der Waals surface area contributed by atoms with E-state index in [4.69, 9.17) is 10.5 Å². The lowest BCUT2D eigenvalue weighted by Gasteiger charge is -2.10. The highest BCUT2D eigenvalue weighted by Crippen LogP contribution is 2.20. The van der Waals surface area contributed by atoms with Gasteiger partial charge >= 0.3 is 0 Å². The van der Waals surface area contributed by atoms with Gasteiger partial charge in [0.2, 0.25) is 5.91 Å². The summed E-state index contributed by atoms with van der Waals surface area (Å²) in [5.41, 5.74) is 6.22. The van der Waals surface area contributed by atoms with Crippen LogP contribution in [0.4, 0.5) is 4.39 Å². The Bertz CT molecular complexity index is 408. The zero-order valence-corrected chi connectivity index (χ0v) is 10.7. The van der Waals surface area contributed by atoms with Crippen LogP contribution < -0.4 is 15.8 Å². The number of hydrogen-bond donors (Lipinski definition) is 2. The number of nitrogens with two attached hydrogens (primary N) is 1. The lowest BCUT2D eigenvalue weighted by atomic mass is 10.1. The molecule has 0 aliphatic heterocycles. The molecule has 1 aromatic rings. The lowest BCUT2D eigenvalue weighted by molar-refractivity contribution is -0.121. The van der Waals surface area contributed by atoms with Crippen molar-refractivity contribution in [3.8, 4) is 5.75 Å². The van der Waals surface area contributed by atoms with E-state index in [-0.39, 0.29) is 24.2 Å². The van der Waals surface area contributed by atoms with Crippen molar-refractivity contribution >= 4 is 5.91 Å². The summed E-state index contributed by atoms with van der Waals surface area (Å²) in [5, 5.41) is 2.71. The molecule has 1 atom stereocenters. The average molecular weight is 254 g/mol. The van der Waals surface area contributed by atoms with Crippen molar-refractivity contribution in [2.24, 2.45) is 5.73 Å². The second-order valence-corrected chi connectivity index (χ2v) is 4.24. The zero-order valence-electron chi connectivity index (χ0n) is 10.7. The Morgan fingerprint density at radius 3 is 2.89 bits per heavy atom. The van der Waals surface area contributed by atoms with Crippen LogP contribution in [0.15, 0.2) is 18.2 Å². The maximum absolute atomic E-state index is 13.1. The van der Waals surface area contributed by atoms with E-state index in [0.717, 1.165) is 0 Å². The van der Waals surface area contributed by atoms with Gasteiger partial charge in [-0.05, 0) is 37.1 Å². The van der Waals surface area contributed by atoms with E-state index in [1.807, 2.05) is 6.92 Å². The number of hydrogen-bond acceptors (Lipinski definition) is 3. The fourth-order valence-corrected chi connectivity index (χ4v) is 1.55. The third-order valence-corrected chi connectivity index (χ3v) is 2.49. The van der Waals surface area contributed by atoms with E-state index in [2.05, 4.69) is 5.32 Å². The van der Waals surface area contributed by atoms with E-state index >= 15 is 0 Å². The van der Waals surface area contributed by atoms with E-state index < -0.39 is 0 Å². The molecule has 0 saturated carbocycles. The van der Waals surface area contributed by atoms with Gasteiger partial charge in [0.25, 0.3) is 0 Å². The minimum atomic E-state index is -0.332. The number of carbonyl (C=O) groups excluding carboxylic acids is 1. The fourth-order valence-electron chi connectivity index (χ4n) is 1.55.